The van der Waals surface area contributed by atoms with Crippen LogP contribution in [0.4, 0.5) is 17.1 Å². The third kappa shape index (κ3) is 3.43. The van der Waals surface area contributed by atoms with Crippen molar-refractivity contribution < 1.29 is 0 Å². The monoisotopic (exact) mass is 244 g/mol. The number of rotatable bonds is 4. The van der Waals surface area contributed by atoms with E-state index in [-0.39, 0.29) is 0 Å². The van der Waals surface area contributed by atoms with Crippen LogP contribution in [0.15, 0.2) is 48.5 Å². The van der Waals surface area contributed by atoms with E-state index in [4.69, 9.17) is 0 Å². The van der Waals surface area contributed by atoms with E-state index in [0.29, 0.717) is 0 Å². The molecule has 2 N–H and O–H groups in total. The molecule has 2 nitrogen and oxygen atoms in total. The first-order valence-electron chi connectivity index (χ1n) is 5.51. The zero-order chi connectivity index (χ0) is 12.1. The van der Waals surface area contributed by atoms with Crippen LogP contribution in [0.5, 0.6) is 0 Å². The van der Waals surface area contributed by atoms with Crippen molar-refractivity contribution in [1.29, 1.82) is 0 Å². The summed E-state index contributed by atoms with van der Waals surface area (Å²) in [6, 6.07) is 16.6. The fourth-order valence-electron chi connectivity index (χ4n) is 1.54. The number of anilines is 3. The van der Waals surface area contributed by atoms with Crippen molar-refractivity contribution in [2.75, 3.05) is 16.3 Å². The lowest BCUT2D eigenvalue weighted by Crippen LogP contribution is -1.90. The summed E-state index contributed by atoms with van der Waals surface area (Å²) >= 11 is 1.60. The second-order valence-corrected chi connectivity index (χ2v) is 4.49. The Kier molecular flexibility index (Phi) is 3.94. The number of benzene rings is 2. The maximum atomic E-state index is 3.37. The van der Waals surface area contributed by atoms with Crippen molar-refractivity contribution in [1.82, 2.24) is 0 Å². The molecule has 0 bridgehead atoms. The first-order valence-corrected chi connectivity index (χ1v) is 6.73. The summed E-state index contributed by atoms with van der Waals surface area (Å²) in [6.45, 7) is 2.09. The van der Waals surface area contributed by atoms with Crippen LogP contribution in [0.2, 0.25) is 0 Å². The van der Waals surface area contributed by atoms with Crippen LogP contribution in [0.1, 0.15) is 5.56 Å². The lowest BCUT2D eigenvalue weighted by Gasteiger charge is -2.08. The molecule has 88 valence electrons. The van der Waals surface area contributed by atoms with Crippen LogP contribution >= 0.6 is 11.9 Å². The van der Waals surface area contributed by atoms with E-state index in [1.165, 1.54) is 5.56 Å². The molecule has 0 aromatic heterocycles. The molecule has 0 spiro atoms. The number of aryl methyl sites for hydroxylation is 1. The molecule has 0 fully saturated rings. The van der Waals surface area contributed by atoms with Gasteiger partial charge < -0.3 is 10.0 Å². The fraction of sp³-hybridized carbons (Fsp3) is 0.143. The van der Waals surface area contributed by atoms with E-state index < -0.39 is 0 Å². The van der Waals surface area contributed by atoms with Gasteiger partial charge in [0.15, 0.2) is 0 Å². The van der Waals surface area contributed by atoms with E-state index in [1.807, 2.05) is 6.26 Å². The normalized spacial score (nSPS) is 10.0. The van der Waals surface area contributed by atoms with Crippen LogP contribution in [0.3, 0.4) is 0 Å². The van der Waals surface area contributed by atoms with Crippen molar-refractivity contribution in [3.05, 3.63) is 54.1 Å². The Balaban J connectivity index is 2.05. The standard InChI is InChI=1S/C14H16N2S/c1-11-3-5-12(6-4-11)15-13-7-9-14(10-8-13)16-17-2/h3-10,15-16H,1-2H3. The second kappa shape index (κ2) is 5.64. The highest BCUT2D eigenvalue weighted by Crippen LogP contribution is 2.20. The maximum Gasteiger partial charge on any atom is 0.0441 e. The summed E-state index contributed by atoms with van der Waals surface area (Å²) in [5.74, 6) is 0. The van der Waals surface area contributed by atoms with Gasteiger partial charge in [0, 0.05) is 23.3 Å². The minimum Gasteiger partial charge on any atom is -0.356 e. The summed E-state index contributed by atoms with van der Waals surface area (Å²) in [5, 5.41) is 3.37. The predicted molar refractivity (Wildman–Crippen MR) is 78.0 cm³/mol. The topological polar surface area (TPSA) is 24.1 Å². The smallest absolute Gasteiger partial charge is 0.0441 e. The molecule has 0 saturated carbocycles. The summed E-state index contributed by atoms with van der Waals surface area (Å²) in [7, 11) is 0. The van der Waals surface area contributed by atoms with E-state index in [0.717, 1.165) is 17.1 Å². The highest BCUT2D eigenvalue weighted by molar-refractivity contribution is 7.99. The minimum atomic E-state index is 1.10. The van der Waals surface area contributed by atoms with Crippen LogP contribution in [0, 0.1) is 6.92 Å². The number of nitrogens with one attached hydrogen (secondary N) is 2. The predicted octanol–water partition coefficient (Wildman–Crippen LogP) is 4.43. The first-order chi connectivity index (χ1) is 8.28. The summed E-state index contributed by atoms with van der Waals surface area (Å²) in [5.41, 5.74) is 4.60. The molecule has 2 aromatic rings. The Morgan fingerprint density at radius 3 is 1.76 bits per heavy atom. The van der Waals surface area contributed by atoms with Crippen LogP contribution < -0.4 is 10.0 Å². The lowest BCUT2D eigenvalue weighted by atomic mass is 10.2. The van der Waals surface area contributed by atoms with Gasteiger partial charge in [-0.25, -0.2) is 0 Å². The number of hydrogen-bond acceptors (Lipinski definition) is 3. The van der Waals surface area contributed by atoms with Crippen molar-refractivity contribution in [3.63, 3.8) is 0 Å². The van der Waals surface area contributed by atoms with E-state index in [1.54, 1.807) is 11.9 Å². The van der Waals surface area contributed by atoms with Crippen LogP contribution in [-0.2, 0) is 0 Å². The fourth-order valence-corrected chi connectivity index (χ4v) is 1.91. The zero-order valence-corrected chi connectivity index (χ0v) is 10.8. The van der Waals surface area contributed by atoms with Crippen LogP contribution in [0.25, 0.3) is 0 Å². The van der Waals surface area contributed by atoms with Gasteiger partial charge in [-0.05, 0) is 43.3 Å². The van der Waals surface area contributed by atoms with Gasteiger partial charge in [-0.1, -0.05) is 29.6 Å². The molecule has 2 aromatic carbocycles. The van der Waals surface area contributed by atoms with Gasteiger partial charge in [-0.3, -0.25) is 0 Å². The molecule has 0 heterocycles. The SMILES string of the molecule is CSNc1ccc(Nc2ccc(C)cc2)cc1. The molecule has 3 heteroatoms. The van der Waals surface area contributed by atoms with E-state index in [9.17, 15) is 0 Å². The molecule has 17 heavy (non-hydrogen) atoms. The summed E-state index contributed by atoms with van der Waals surface area (Å²) < 4.78 is 3.19. The Morgan fingerprint density at radius 2 is 1.24 bits per heavy atom. The van der Waals surface area contributed by atoms with Gasteiger partial charge in [0.25, 0.3) is 0 Å². The van der Waals surface area contributed by atoms with Crippen molar-refractivity contribution >= 4 is 29.0 Å². The van der Waals surface area contributed by atoms with Gasteiger partial charge >= 0.3 is 0 Å². The Hall–Kier alpha value is -1.61. The van der Waals surface area contributed by atoms with Gasteiger partial charge in [0.1, 0.15) is 0 Å². The second-order valence-electron chi connectivity index (χ2n) is 3.87. The lowest BCUT2D eigenvalue weighted by molar-refractivity contribution is 1.45. The maximum absolute atomic E-state index is 3.37. The quantitative estimate of drug-likeness (QED) is 0.778. The first kappa shape index (κ1) is 11.9. The van der Waals surface area contributed by atoms with Crippen LogP contribution in [-0.4, -0.2) is 6.26 Å². The summed E-state index contributed by atoms with van der Waals surface area (Å²) in [6.07, 6.45) is 2.01. The third-order valence-electron chi connectivity index (χ3n) is 2.45. The van der Waals surface area contributed by atoms with E-state index >= 15 is 0 Å². The largest absolute Gasteiger partial charge is 0.356 e. The molecule has 2 rings (SSSR count). The highest BCUT2D eigenvalue weighted by Gasteiger charge is 1.95. The Labute approximate surface area is 107 Å². The Bertz CT molecular complexity index is 463. The Morgan fingerprint density at radius 1 is 0.765 bits per heavy atom. The van der Waals surface area contributed by atoms with Gasteiger partial charge in [-0.2, -0.15) is 0 Å². The molecule has 0 aliphatic rings. The molecular formula is C14H16N2S. The third-order valence-corrected chi connectivity index (χ3v) is 2.88. The van der Waals surface area contributed by atoms with E-state index in [2.05, 4.69) is 65.5 Å². The highest BCUT2D eigenvalue weighted by atomic mass is 32.2. The zero-order valence-electron chi connectivity index (χ0n) is 10.0. The molecular weight excluding hydrogens is 228 g/mol. The average Bonchev–Trinajstić information content (AvgIpc) is 2.35. The summed E-state index contributed by atoms with van der Waals surface area (Å²) in [4.78, 5) is 0. The van der Waals surface area contributed by atoms with Crippen molar-refractivity contribution in [3.8, 4) is 0 Å². The number of hydrogen-bond donors (Lipinski definition) is 2. The molecule has 0 amide bonds. The van der Waals surface area contributed by atoms with Crippen molar-refractivity contribution in [2.45, 2.75) is 6.92 Å². The molecule has 0 radical (unpaired) electrons. The average molecular weight is 244 g/mol. The minimum absolute atomic E-state index is 1.10. The molecule has 0 unspecified atom stereocenters. The molecule has 0 atom stereocenters. The van der Waals surface area contributed by atoms with Gasteiger partial charge in [-0.15, -0.1) is 0 Å². The molecule has 0 saturated heterocycles. The van der Waals surface area contributed by atoms with Gasteiger partial charge in [0.2, 0.25) is 0 Å². The molecule has 0 aliphatic carbocycles. The molecule has 0 aliphatic heterocycles. The van der Waals surface area contributed by atoms with Gasteiger partial charge in [0.05, 0.1) is 0 Å². The van der Waals surface area contributed by atoms with Crippen molar-refractivity contribution in [2.24, 2.45) is 0 Å².